The minimum atomic E-state index is -0.128. The van der Waals surface area contributed by atoms with Crippen LogP contribution in [0.1, 0.15) is 51.4 Å². The molecule has 2 heterocycles. The Morgan fingerprint density at radius 1 is 0.871 bits per heavy atom. The summed E-state index contributed by atoms with van der Waals surface area (Å²) in [5.74, 6) is 1.99. The fourth-order valence-electron chi connectivity index (χ4n) is 4.56. The lowest BCUT2D eigenvalue weighted by molar-refractivity contribution is -0.105. The van der Waals surface area contributed by atoms with E-state index in [0.717, 1.165) is 59.5 Å². The molecule has 3 N–H and O–H groups in total. The number of benzene rings is 2. The van der Waals surface area contributed by atoms with Crippen LogP contribution in [0.4, 0.5) is 11.8 Å². The number of nitrogens with one attached hydrogen (secondary N) is 1. The molecule has 31 heavy (non-hydrogen) atoms. The van der Waals surface area contributed by atoms with Crippen molar-refractivity contribution in [1.29, 1.82) is 0 Å². The SMILES string of the molecule is Nc1nc(NC2CCCCC2)c2cc(-c3ccc(OC4CCCCO4)cc3)ccc2n1. The van der Waals surface area contributed by atoms with Gasteiger partial charge in [0, 0.05) is 17.8 Å². The van der Waals surface area contributed by atoms with Gasteiger partial charge in [-0.2, -0.15) is 4.98 Å². The summed E-state index contributed by atoms with van der Waals surface area (Å²) in [5.41, 5.74) is 9.09. The Balaban J connectivity index is 1.39. The molecule has 1 atom stereocenters. The quantitative estimate of drug-likeness (QED) is 0.567. The summed E-state index contributed by atoms with van der Waals surface area (Å²) in [6.45, 7) is 0.781. The molecule has 1 unspecified atom stereocenters. The molecule has 1 saturated heterocycles. The number of fused-ring (bicyclic) bond motifs is 1. The summed E-state index contributed by atoms with van der Waals surface area (Å²) >= 11 is 0. The highest BCUT2D eigenvalue weighted by atomic mass is 16.7. The third-order valence-electron chi connectivity index (χ3n) is 6.25. The van der Waals surface area contributed by atoms with Crippen molar-refractivity contribution >= 4 is 22.7 Å². The Labute approximate surface area is 183 Å². The highest BCUT2D eigenvalue weighted by Crippen LogP contribution is 2.31. The van der Waals surface area contributed by atoms with E-state index < -0.39 is 0 Å². The van der Waals surface area contributed by atoms with E-state index in [2.05, 4.69) is 39.6 Å². The van der Waals surface area contributed by atoms with Crippen molar-refractivity contribution in [2.24, 2.45) is 0 Å². The van der Waals surface area contributed by atoms with Gasteiger partial charge in [0.2, 0.25) is 5.95 Å². The predicted molar refractivity (Wildman–Crippen MR) is 124 cm³/mol. The number of hydrogen-bond donors (Lipinski definition) is 2. The van der Waals surface area contributed by atoms with Crippen molar-refractivity contribution in [2.75, 3.05) is 17.7 Å². The zero-order chi connectivity index (χ0) is 21.0. The van der Waals surface area contributed by atoms with Crippen LogP contribution in [0.3, 0.4) is 0 Å². The van der Waals surface area contributed by atoms with Crippen molar-refractivity contribution < 1.29 is 9.47 Å². The Morgan fingerprint density at radius 2 is 1.65 bits per heavy atom. The summed E-state index contributed by atoms with van der Waals surface area (Å²) in [5, 5.41) is 4.64. The van der Waals surface area contributed by atoms with Crippen LogP contribution < -0.4 is 15.8 Å². The maximum atomic E-state index is 5.99. The summed E-state index contributed by atoms with van der Waals surface area (Å²) in [6.07, 6.45) is 9.31. The van der Waals surface area contributed by atoms with E-state index in [1.165, 1.54) is 32.1 Å². The molecule has 1 saturated carbocycles. The smallest absolute Gasteiger partial charge is 0.222 e. The second kappa shape index (κ2) is 9.10. The van der Waals surface area contributed by atoms with Gasteiger partial charge in [0.05, 0.1) is 12.1 Å². The normalized spacial score (nSPS) is 19.9. The minimum absolute atomic E-state index is 0.128. The maximum absolute atomic E-state index is 5.99. The topological polar surface area (TPSA) is 82.3 Å². The van der Waals surface area contributed by atoms with Crippen LogP contribution in [0.5, 0.6) is 5.75 Å². The first-order valence-corrected chi connectivity index (χ1v) is 11.5. The molecular formula is C25H30N4O2. The molecule has 162 valence electrons. The predicted octanol–water partition coefficient (Wildman–Crippen LogP) is 5.53. The molecule has 2 aliphatic rings. The molecule has 1 aliphatic heterocycles. The number of ether oxygens (including phenoxy) is 2. The maximum Gasteiger partial charge on any atom is 0.222 e. The summed E-state index contributed by atoms with van der Waals surface area (Å²) in [6, 6.07) is 14.9. The third kappa shape index (κ3) is 4.74. The van der Waals surface area contributed by atoms with E-state index in [-0.39, 0.29) is 6.29 Å². The first kappa shape index (κ1) is 20.1. The van der Waals surface area contributed by atoms with Crippen LogP contribution in [-0.4, -0.2) is 28.9 Å². The monoisotopic (exact) mass is 418 g/mol. The number of nitrogens with two attached hydrogens (primary N) is 1. The Bertz CT molecular complexity index is 1030. The number of aromatic nitrogens is 2. The number of nitrogen functional groups attached to an aromatic ring is 1. The van der Waals surface area contributed by atoms with Crippen molar-refractivity contribution in [3.63, 3.8) is 0 Å². The van der Waals surface area contributed by atoms with Gasteiger partial charge in [0.1, 0.15) is 11.6 Å². The second-order valence-corrected chi connectivity index (χ2v) is 8.58. The molecule has 0 radical (unpaired) electrons. The molecular weight excluding hydrogens is 388 g/mol. The van der Waals surface area contributed by atoms with E-state index in [1.54, 1.807) is 0 Å². The van der Waals surface area contributed by atoms with Crippen molar-refractivity contribution in [2.45, 2.75) is 63.7 Å². The van der Waals surface area contributed by atoms with Gasteiger partial charge in [-0.1, -0.05) is 37.5 Å². The molecule has 5 rings (SSSR count). The zero-order valence-electron chi connectivity index (χ0n) is 17.8. The Kier molecular flexibility index (Phi) is 5.89. The van der Waals surface area contributed by atoms with Crippen LogP contribution in [-0.2, 0) is 4.74 Å². The Morgan fingerprint density at radius 3 is 2.42 bits per heavy atom. The van der Waals surface area contributed by atoms with E-state index in [1.807, 2.05) is 18.2 Å². The second-order valence-electron chi connectivity index (χ2n) is 8.58. The molecule has 1 aromatic heterocycles. The summed E-state index contributed by atoms with van der Waals surface area (Å²) in [4.78, 5) is 8.97. The van der Waals surface area contributed by atoms with Crippen LogP contribution in [0.25, 0.3) is 22.0 Å². The fraction of sp³-hybridized carbons (Fsp3) is 0.440. The van der Waals surface area contributed by atoms with Crippen LogP contribution in [0.2, 0.25) is 0 Å². The molecule has 0 spiro atoms. The lowest BCUT2D eigenvalue weighted by Crippen LogP contribution is -2.24. The lowest BCUT2D eigenvalue weighted by Gasteiger charge is -2.24. The number of nitrogens with zero attached hydrogens (tertiary/aromatic N) is 2. The standard InChI is InChI=1S/C25H30N4O2/c26-25-28-22-14-11-18(16-21(22)24(29-25)27-19-6-2-1-3-7-19)17-9-12-20(13-10-17)31-23-8-4-5-15-30-23/h9-14,16,19,23H,1-8,15H2,(H3,26,27,28,29). The number of hydrogen-bond acceptors (Lipinski definition) is 6. The minimum Gasteiger partial charge on any atom is -0.465 e. The summed E-state index contributed by atoms with van der Waals surface area (Å²) in [7, 11) is 0. The van der Waals surface area contributed by atoms with E-state index in [0.29, 0.717) is 12.0 Å². The van der Waals surface area contributed by atoms with Crippen molar-refractivity contribution in [1.82, 2.24) is 9.97 Å². The largest absolute Gasteiger partial charge is 0.465 e. The first-order valence-electron chi connectivity index (χ1n) is 11.5. The molecule has 0 bridgehead atoms. The van der Waals surface area contributed by atoms with Gasteiger partial charge < -0.3 is 20.5 Å². The van der Waals surface area contributed by atoms with Gasteiger partial charge in [0.25, 0.3) is 0 Å². The van der Waals surface area contributed by atoms with Gasteiger partial charge >= 0.3 is 0 Å². The third-order valence-corrected chi connectivity index (χ3v) is 6.25. The van der Waals surface area contributed by atoms with E-state index >= 15 is 0 Å². The van der Waals surface area contributed by atoms with Gasteiger partial charge in [0.15, 0.2) is 6.29 Å². The summed E-state index contributed by atoms with van der Waals surface area (Å²) < 4.78 is 11.6. The first-order chi connectivity index (χ1) is 15.2. The highest BCUT2D eigenvalue weighted by Gasteiger charge is 2.17. The molecule has 3 aromatic rings. The van der Waals surface area contributed by atoms with Crippen LogP contribution >= 0.6 is 0 Å². The lowest BCUT2D eigenvalue weighted by atomic mass is 9.95. The van der Waals surface area contributed by atoms with E-state index in [4.69, 9.17) is 15.2 Å². The van der Waals surface area contributed by atoms with Crippen molar-refractivity contribution in [3.8, 4) is 16.9 Å². The molecule has 2 fully saturated rings. The zero-order valence-corrected chi connectivity index (χ0v) is 17.8. The highest BCUT2D eigenvalue weighted by molar-refractivity contribution is 5.93. The van der Waals surface area contributed by atoms with Gasteiger partial charge in [-0.25, -0.2) is 4.98 Å². The van der Waals surface area contributed by atoms with Gasteiger partial charge in [-0.3, -0.25) is 0 Å². The van der Waals surface area contributed by atoms with Gasteiger partial charge in [-0.05, 0) is 61.1 Å². The Hall–Kier alpha value is -2.86. The number of anilines is 2. The molecule has 0 amide bonds. The molecule has 6 nitrogen and oxygen atoms in total. The van der Waals surface area contributed by atoms with Gasteiger partial charge in [-0.15, -0.1) is 0 Å². The molecule has 1 aliphatic carbocycles. The average Bonchev–Trinajstić information content (AvgIpc) is 2.81. The van der Waals surface area contributed by atoms with Crippen molar-refractivity contribution in [3.05, 3.63) is 42.5 Å². The number of rotatable bonds is 5. The van der Waals surface area contributed by atoms with Crippen LogP contribution in [0, 0.1) is 0 Å². The average molecular weight is 419 g/mol. The van der Waals surface area contributed by atoms with E-state index in [9.17, 15) is 0 Å². The molecule has 2 aromatic carbocycles. The fourth-order valence-corrected chi connectivity index (χ4v) is 4.56. The van der Waals surface area contributed by atoms with Crippen LogP contribution in [0.15, 0.2) is 42.5 Å². The molecule has 6 heteroatoms.